The van der Waals surface area contributed by atoms with E-state index < -0.39 is 0 Å². The first kappa shape index (κ1) is 11.7. The van der Waals surface area contributed by atoms with Gasteiger partial charge in [0.25, 0.3) is 0 Å². The Labute approximate surface area is 120 Å². The summed E-state index contributed by atoms with van der Waals surface area (Å²) < 4.78 is 1.93. The number of rotatable bonds is 2. The van der Waals surface area contributed by atoms with Crippen LogP contribution >= 0.6 is 31.9 Å². The van der Waals surface area contributed by atoms with E-state index in [1.165, 1.54) is 0 Å². The number of nitrogens with zero attached hydrogens (tertiary/aromatic N) is 2. The van der Waals surface area contributed by atoms with Gasteiger partial charge in [-0.15, -0.1) is 0 Å². The Hall–Kier alpha value is -1.40. The zero-order chi connectivity index (χ0) is 12.5. The maximum Gasteiger partial charge on any atom is 0.139 e. The van der Waals surface area contributed by atoms with Crippen molar-refractivity contribution in [2.45, 2.75) is 0 Å². The molecule has 4 nitrogen and oxygen atoms in total. The van der Waals surface area contributed by atoms with Gasteiger partial charge in [0.05, 0.1) is 0 Å². The molecule has 0 unspecified atom stereocenters. The second-order valence-corrected chi connectivity index (χ2v) is 5.31. The Bertz CT molecular complexity index is 660. The Morgan fingerprint density at radius 1 is 0.889 bits per heavy atom. The van der Waals surface area contributed by atoms with Crippen molar-refractivity contribution in [1.29, 1.82) is 0 Å². The predicted molar refractivity (Wildman–Crippen MR) is 77.0 cm³/mol. The SMILES string of the molecule is Brc1ccc(-c2ncc[nH]2)c(-c2ncc[nH]2)c1Br. The Morgan fingerprint density at radius 3 is 2.17 bits per heavy atom. The molecule has 18 heavy (non-hydrogen) atoms. The van der Waals surface area contributed by atoms with E-state index in [0.29, 0.717) is 0 Å². The van der Waals surface area contributed by atoms with Crippen molar-refractivity contribution < 1.29 is 0 Å². The van der Waals surface area contributed by atoms with Crippen LogP contribution in [0.1, 0.15) is 0 Å². The summed E-state index contributed by atoms with van der Waals surface area (Å²) in [6.07, 6.45) is 7.07. The van der Waals surface area contributed by atoms with E-state index in [4.69, 9.17) is 0 Å². The van der Waals surface area contributed by atoms with Gasteiger partial charge in [-0.05, 0) is 44.0 Å². The average molecular weight is 368 g/mol. The van der Waals surface area contributed by atoms with Crippen molar-refractivity contribution in [2.75, 3.05) is 0 Å². The van der Waals surface area contributed by atoms with Crippen LogP contribution in [0.2, 0.25) is 0 Å². The topological polar surface area (TPSA) is 57.4 Å². The first-order valence-corrected chi connectivity index (χ1v) is 6.83. The van der Waals surface area contributed by atoms with Gasteiger partial charge in [-0.2, -0.15) is 0 Å². The fourth-order valence-electron chi connectivity index (χ4n) is 1.79. The van der Waals surface area contributed by atoms with Crippen LogP contribution in [-0.2, 0) is 0 Å². The van der Waals surface area contributed by atoms with Crippen molar-refractivity contribution in [2.24, 2.45) is 0 Å². The molecule has 2 heterocycles. The monoisotopic (exact) mass is 366 g/mol. The predicted octanol–water partition coefficient (Wildman–Crippen LogP) is 3.99. The van der Waals surface area contributed by atoms with Gasteiger partial charge in [-0.1, -0.05) is 0 Å². The van der Waals surface area contributed by atoms with Crippen LogP contribution in [0.15, 0.2) is 45.9 Å². The fraction of sp³-hybridized carbons (Fsp3) is 0. The number of H-pyrrole nitrogens is 2. The quantitative estimate of drug-likeness (QED) is 0.719. The second-order valence-electron chi connectivity index (χ2n) is 3.66. The third kappa shape index (κ3) is 1.91. The van der Waals surface area contributed by atoms with Crippen molar-refractivity contribution in [3.63, 3.8) is 0 Å². The summed E-state index contributed by atoms with van der Waals surface area (Å²) in [5, 5.41) is 0. The standard InChI is InChI=1S/C12H8Br2N4/c13-8-2-1-7(11-15-3-4-16-11)9(10(8)14)12-17-5-6-18-12/h1-6H,(H,15,16)(H,17,18). The van der Waals surface area contributed by atoms with Gasteiger partial charge < -0.3 is 9.97 Å². The molecule has 0 fully saturated rings. The minimum atomic E-state index is 0.801. The van der Waals surface area contributed by atoms with Crippen molar-refractivity contribution >= 4 is 31.9 Å². The average Bonchev–Trinajstić information content (AvgIpc) is 3.03. The van der Waals surface area contributed by atoms with Crippen molar-refractivity contribution in [3.8, 4) is 22.8 Å². The molecule has 0 aliphatic heterocycles. The number of aromatic nitrogens is 4. The molecule has 3 rings (SSSR count). The molecule has 6 heteroatoms. The number of imidazole rings is 2. The highest BCUT2D eigenvalue weighted by Gasteiger charge is 2.16. The largest absolute Gasteiger partial charge is 0.345 e. The van der Waals surface area contributed by atoms with Crippen LogP contribution in [-0.4, -0.2) is 19.9 Å². The highest BCUT2D eigenvalue weighted by atomic mass is 79.9. The van der Waals surface area contributed by atoms with E-state index in [-0.39, 0.29) is 0 Å². The molecular formula is C12H8Br2N4. The van der Waals surface area contributed by atoms with Crippen molar-refractivity contribution in [3.05, 3.63) is 45.9 Å². The van der Waals surface area contributed by atoms with Crippen LogP contribution in [0.5, 0.6) is 0 Å². The molecular weight excluding hydrogens is 360 g/mol. The summed E-state index contributed by atoms with van der Waals surface area (Å²) in [4.78, 5) is 14.8. The lowest BCUT2D eigenvalue weighted by molar-refractivity contribution is 1.26. The van der Waals surface area contributed by atoms with E-state index in [1.807, 2.05) is 12.1 Å². The minimum absolute atomic E-state index is 0.801. The van der Waals surface area contributed by atoms with E-state index in [1.54, 1.807) is 24.8 Å². The first-order chi connectivity index (χ1) is 8.77. The smallest absolute Gasteiger partial charge is 0.139 e. The molecule has 0 atom stereocenters. The van der Waals surface area contributed by atoms with E-state index in [0.717, 1.165) is 31.7 Å². The summed E-state index contributed by atoms with van der Waals surface area (Å²) in [5.41, 5.74) is 1.97. The number of nitrogens with one attached hydrogen (secondary N) is 2. The van der Waals surface area contributed by atoms with Gasteiger partial charge in [-0.25, -0.2) is 9.97 Å². The fourth-order valence-corrected chi connectivity index (χ4v) is 2.66. The lowest BCUT2D eigenvalue weighted by Crippen LogP contribution is -1.91. The van der Waals surface area contributed by atoms with Gasteiger partial charge in [0.1, 0.15) is 11.6 Å². The highest BCUT2D eigenvalue weighted by molar-refractivity contribution is 9.13. The lowest BCUT2D eigenvalue weighted by atomic mass is 10.1. The molecule has 0 saturated carbocycles. The molecule has 0 radical (unpaired) electrons. The molecule has 0 spiro atoms. The number of benzene rings is 1. The maximum atomic E-state index is 4.31. The number of halogens is 2. The van der Waals surface area contributed by atoms with Crippen LogP contribution in [0.4, 0.5) is 0 Å². The summed E-state index contributed by atoms with van der Waals surface area (Å²) in [5.74, 6) is 1.61. The third-order valence-corrected chi connectivity index (χ3v) is 4.60. The van der Waals surface area contributed by atoms with Crippen LogP contribution in [0.3, 0.4) is 0 Å². The molecule has 1 aromatic carbocycles. The van der Waals surface area contributed by atoms with Gasteiger partial charge in [0.15, 0.2) is 0 Å². The zero-order valence-electron chi connectivity index (χ0n) is 9.11. The molecule has 0 aliphatic carbocycles. The first-order valence-electron chi connectivity index (χ1n) is 5.25. The van der Waals surface area contributed by atoms with Crippen LogP contribution in [0, 0.1) is 0 Å². The number of aromatic amines is 2. The van der Waals surface area contributed by atoms with Gasteiger partial charge in [0, 0.05) is 44.9 Å². The number of hydrogen-bond acceptors (Lipinski definition) is 2. The molecule has 2 N–H and O–H groups in total. The molecule has 90 valence electrons. The Morgan fingerprint density at radius 2 is 1.56 bits per heavy atom. The molecule has 0 saturated heterocycles. The lowest BCUT2D eigenvalue weighted by Gasteiger charge is -2.09. The molecule has 0 aliphatic rings. The van der Waals surface area contributed by atoms with Crippen LogP contribution in [0.25, 0.3) is 22.8 Å². The van der Waals surface area contributed by atoms with E-state index in [2.05, 4.69) is 51.8 Å². The second kappa shape index (κ2) is 4.70. The molecule has 0 amide bonds. The van der Waals surface area contributed by atoms with Gasteiger partial charge in [-0.3, -0.25) is 0 Å². The molecule has 3 aromatic rings. The number of hydrogen-bond donors (Lipinski definition) is 2. The van der Waals surface area contributed by atoms with Crippen molar-refractivity contribution in [1.82, 2.24) is 19.9 Å². The zero-order valence-corrected chi connectivity index (χ0v) is 12.3. The highest BCUT2D eigenvalue weighted by Crippen LogP contribution is 2.39. The summed E-state index contributed by atoms with van der Waals surface area (Å²) in [6.45, 7) is 0. The summed E-state index contributed by atoms with van der Waals surface area (Å²) >= 11 is 7.10. The minimum Gasteiger partial charge on any atom is -0.345 e. The van der Waals surface area contributed by atoms with E-state index >= 15 is 0 Å². The van der Waals surface area contributed by atoms with E-state index in [9.17, 15) is 0 Å². The van der Waals surface area contributed by atoms with Gasteiger partial charge in [0.2, 0.25) is 0 Å². The molecule has 2 aromatic heterocycles. The normalized spacial score (nSPS) is 10.8. The molecule has 0 bridgehead atoms. The third-order valence-electron chi connectivity index (χ3n) is 2.58. The Kier molecular flexibility index (Phi) is 3.05. The van der Waals surface area contributed by atoms with Crippen LogP contribution < -0.4 is 0 Å². The maximum absolute atomic E-state index is 4.31. The van der Waals surface area contributed by atoms with Gasteiger partial charge >= 0.3 is 0 Å². The summed E-state index contributed by atoms with van der Waals surface area (Å²) in [6, 6.07) is 3.99. The Balaban J connectivity index is 2.30. The summed E-state index contributed by atoms with van der Waals surface area (Å²) in [7, 11) is 0.